The molecule has 1 heterocycles. The summed E-state index contributed by atoms with van der Waals surface area (Å²) in [7, 11) is 0. The molecule has 0 fully saturated rings. The Labute approximate surface area is 186 Å². The zero-order valence-corrected chi connectivity index (χ0v) is 18.5. The number of nitrogens with one attached hydrogen (secondary N) is 4. The van der Waals surface area contributed by atoms with E-state index >= 15 is 0 Å². The van der Waals surface area contributed by atoms with Gasteiger partial charge in [0, 0.05) is 23.5 Å². The third-order valence-electron chi connectivity index (χ3n) is 5.46. The predicted octanol–water partition coefficient (Wildman–Crippen LogP) is 0.274. The fraction of sp³-hybridized carbons (Fsp3) is 0.455. The highest BCUT2D eigenvalue weighted by Gasteiger charge is 2.31. The molecule has 7 N–H and O–H groups in total. The summed E-state index contributed by atoms with van der Waals surface area (Å²) in [5, 5.41) is 18.1. The molecule has 0 bridgehead atoms. The van der Waals surface area contributed by atoms with Gasteiger partial charge >= 0.3 is 5.97 Å². The van der Waals surface area contributed by atoms with Crippen LogP contribution in [0.15, 0.2) is 30.5 Å². The van der Waals surface area contributed by atoms with Crippen molar-refractivity contribution in [2.24, 2.45) is 11.7 Å². The first-order valence-electron chi connectivity index (χ1n) is 10.6. The van der Waals surface area contributed by atoms with Crippen LogP contribution in [-0.2, 0) is 25.6 Å². The van der Waals surface area contributed by atoms with Crippen LogP contribution in [0.1, 0.15) is 32.8 Å². The molecule has 1 aromatic heterocycles. The van der Waals surface area contributed by atoms with Crippen LogP contribution in [0.4, 0.5) is 0 Å². The topological polar surface area (TPSA) is 166 Å². The SMILES string of the molecule is CCC(C)C(NC(=O)C(Cc1c[nH]c2ccccc12)NC(=O)C(C)NC(=O)CN)C(=O)O. The normalized spacial score (nSPS) is 14.8. The van der Waals surface area contributed by atoms with E-state index in [2.05, 4.69) is 20.9 Å². The molecule has 0 aliphatic carbocycles. The monoisotopic (exact) mass is 445 g/mol. The van der Waals surface area contributed by atoms with E-state index in [1.807, 2.05) is 31.2 Å². The number of hydrogen-bond donors (Lipinski definition) is 6. The number of carboxylic acid groups (broad SMARTS) is 1. The largest absolute Gasteiger partial charge is 0.480 e. The number of benzene rings is 1. The van der Waals surface area contributed by atoms with Crippen LogP contribution in [0, 0.1) is 5.92 Å². The van der Waals surface area contributed by atoms with Crippen molar-refractivity contribution < 1.29 is 24.3 Å². The second-order valence-electron chi connectivity index (χ2n) is 7.83. The van der Waals surface area contributed by atoms with Crippen LogP contribution in [-0.4, -0.2) is 58.5 Å². The molecule has 0 saturated heterocycles. The Bertz CT molecular complexity index is 973. The van der Waals surface area contributed by atoms with Gasteiger partial charge in [-0.3, -0.25) is 14.4 Å². The van der Waals surface area contributed by atoms with Crippen molar-refractivity contribution in [2.45, 2.75) is 51.7 Å². The number of aromatic amines is 1. The third-order valence-corrected chi connectivity index (χ3v) is 5.46. The number of carboxylic acids is 1. The van der Waals surface area contributed by atoms with Crippen molar-refractivity contribution in [3.05, 3.63) is 36.0 Å². The summed E-state index contributed by atoms with van der Waals surface area (Å²) >= 11 is 0. The van der Waals surface area contributed by atoms with Crippen LogP contribution in [0.25, 0.3) is 10.9 Å². The lowest BCUT2D eigenvalue weighted by Gasteiger charge is -2.25. The van der Waals surface area contributed by atoms with E-state index in [1.165, 1.54) is 6.92 Å². The Kier molecular flexibility index (Phi) is 8.77. The quantitative estimate of drug-likeness (QED) is 0.290. The molecule has 4 atom stereocenters. The van der Waals surface area contributed by atoms with E-state index in [0.29, 0.717) is 6.42 Å². The maximum atomic E-state index is 13.1. The molecule has 0 aliphatic rings. The average Bonchev–Trinajstić information content (AvgIpc) is 3.18. The number of H-pyrrole nitrogens is 1. The summed E-state index contributed by atoms with van der Waals surface area (Å²) in [4.78, 5) is 52.0. The smallest absolute Gasteiger partial charge is 0.326 e. The van der Waals surface area contributed by atoms with Gasteiger partial charge < -0.3 is 31.8 Å². The first-order valence-corrected chi connectivity index (χ1v) is 10.6. The number of carbonyl (C=O) groups excluding carboxylic acids is 3. The molecule has 4 unspecified atom stereocenters. The van der Waals surface area contributed by atoms with Gasteiger partial charge in [-0.1, -0.05) is 38.5 Å². The highest BCUT2D eigenvalue weighted by molar-refractivity contribution is 5.94. The molecule has 0 spiro atoms. The first-order chi connectivity index (χ1) is 15.2. The second kappa shape index (κ2) is 11.3. The minimum atomic E-state index is -1.14. The van der Waals surface area contributed by atoms with Crippen LogP contribution < -0.4 is 21.7 Å². The molecule has 10 nitrogen and oxygen atoms in total. The number of para-hydroxylation sites is 1. The van der Waals surface area contributed by atoms with Crippen molar-refractivity contribution in [3.8, 4) is 0 Å². The Balaban J connectivity index is 2.26. The maximum Gasteiger partial charge on any atom is 0.326 e. The van der Waals surface area contributed by atoms with Crippen molar-refractivity contribution in [1.82, 2.24) is 20.9 Å². The minimum absolute atomic E-state index is 0.131. The van der Waals surface area contributed by atoms with Crippen molar-refractivity contribution in [3.63, 3.8) is 0 Å². The molecule has 2 rings (SSSR count). The number of carbonyl (C=O) groups is 4. The molecule has 0 saturated carbocycles. The molecule has 3 amide bonds. The Morgan fingerprint density at radius 2 is 1.75 bits per heavy atom. The van der Waals surface area contributed by atoms with Crippen molar-refractivity contribution in [1.29, 1.82) is 0 Å². The molecule has 32 heavy (non-hydrogen) atoms. The zero-order valence-electron chi connectivity index (χ0n) is 18.5. The van der Waals surface area contributed by atoms with Gasteiger partial charge in [0.05, 0.1) is 6.54 Å². The van der Waals surface area contributed by atoms with Crippen LogP contribution >= 0.6 is 0 Å². The van der Waals surface area contributed by atoms with Gasteiger partial charge in [0.2, 0.25) is 17.7 Å². The summed E-state index contributed by atoms with van der Waals surface area (Å²) in [5.74, 6) is -3.15. The fourth-order valence-electron chi connectivity index (χ4n) is 3.33. The fourth-order valence-corrected chi connectivity index (χ4v) is 3.33. The maximum absolute atomic E-state index is 13.1. The number of aliphatic carboxylic acids is 1. The number of hydrogen-bond acceptors (Lipinski definition) is 5. The van der Waals surface area contributed by atoms with Gasteiger partial charge in [0.15, 0.2) is 0 Å². The van der Waals surface area contributed by atoms with Gasteiger partial charge in [-0.25, -0.2) is 4.79 Å². The van der Waals surface area contributed by atoms with E-state index < -0.39 is 41.8 Å². The van der Waals surface area contributed by atoms with Crippen LogP contribution in [0.2, 0.25) is 0 Å². The molecule has 0 aliphatic heterocycles. The Morgan fingerprint density at radius 1 is 1.06 bits per heavy atom. The highest BCUT2D eigenvalue weighted by atomic mass is 16.4. The van der Waals surface area contributed by atoms with Crippen molar-refractivity contribution in [2.75, 3.05) is 6.54 Å². The molecule has 174 valence electrons. The highest BCUT2D eigenvalue weighted by Crippen LogP contribution is 2.19. The van der Waals surface area contributed by atoms with Crippen molar-refractivity contribution >= 4 is 34.6 Å². The number of fused-ring (bicyclic) bond motifs is 1. The minimum Gasteiger partial charge on any atom is -0.480 e. The summed E-state index contributed by atoms with van der Waals surface area (Å²) in [6.07, 6.45) is 2.44. The molecule has 2 aromatic rings. The second-order valence-corrected chi connectivity index (χ2v) is 7.83. The Hall–Kier alpha value is -3.40. The van der Waals surface area contributed by atoms with Gasteiger partial charge in [-0.2, -0.15) is 0 Å². The van der Waals surface area contributed by atoms with Crippen LogP contribution in [0.5, 0.6) is 0 Å². The standard InChI is InChI=1S/C22H31N5O5/c1-4-12(2)19(22(31)32)27-21(30)17(26-20(29)13(3)25-18(28)10-23)9-14-11-24-16-8-6-5-7-15(14)16/h5-8,11-13,17,19,24H,4,9-10,23H2,1-3H3,(H,25,28)(H,26,29)(H,27,30)(H,31,32). The molecular formula is C22H31N5O5. The van der Waals surface area contributed by atoms with Gasteiger partial charge in [-0.15, -0.1) is 0 Å². The molecule has 1 aromatic carbocycles. The van der Waals surface area contributed by atoms with E-state index in [0.717, 1.165) is 16.5 Å². The van der Waals surface area contributed by atoms with E-state index in [-0.39, 0.29) is 18.9 Å². The van der Waals surface area contributed by atoms with E-state index in [1.54, 1.807) is 13.1 Å². The lowest BCUT2D eigenvalue weighted by molar-refractivity contribution is -0.143. The number of amides is 3. The zero-order chi connectivity index (χ0) is 23.8. The van der Waals surface area contributed by atoms with Crippen LogP contribution in [0.3, 0.4) is 0 Å². The molecular weight excluding hydrogens is 414 g/mol. The number of rotatable bonds is 11. The van der Waals surface area contributed by atoms with Gasteiger partial charge in [0.1, 0.15) is 18.1 Å². The summed E-state index contributed by atoms with van der Waals surface area (Å²) in [6, 6.07) is 4.45. The lowest BCUT2D eigenvalue weighted by Crippen LogP contribution is -2.57. The first kappa shape index (κ1) is 24.9. The van der Waals surface area contributed by atoms with Gasteiger partial charge in [-0.05, 0) is 24.5 Å². The number of aromatic nitrogens is 1. The number of nitrogens with two attached hydrogens (primary N) is 1. The van der Waals surface area contributed by atoms with Gasteiger partial charge in [0.25, 0.3) is 0 Å². The average molecular weight is 446 g/mol. The Morgan fingerprint density at radius 3 is 2.38 bits per heavy atom. The summed E-state index contributed by atoms with van der Waals surface area (Å²) in [6.45, 7) is 4.77. The van der Waals surface area contributed by atoms with E-state index in [9.17, 15) is 24.3 Å². The molecule has 10 heteroatoms. The third kappa shape index (κ3) is 6.30. The van der Waals surface area contributed by atoms with E-state index in [4.69, 9.17) is 5.73 Å². The molecule has 0 radical (unpaired) electrons. The lowest BCUT2D eigenvalue weighted by atomic mass is 9.98. The summed E-state index contributed by atoms with van der Waals surface area (Å²) < 4.78 is 0. The predicted molar refractivity (Wildman–Crippen MR) is 120 cm³/mol. The summed E-state index contributed by atoms with van der Waals surface area (Å²) in [5.41, 5.74) is 6.93.